The van der Waals surface area contributed by atoms with Crippen molar-refractivity contribution < 1.29 is 13.5 Å². The average molecular weight is 233 g/mol. The van der Waals surface area contributed by atoms with E-state index in [2.05, 4.69) is 10.3 Å². The molecule has 0 amide bonds. The van der Waals surface area contributed by atoms with E-state index in [4.69, 9.17) is 4.74 Å². The lowest BCUT2D eigenvalue weighted by molar-refractivity contribution is 0.127. The Morgan fingerprint density at radius 2 is 2.38 bits per heavy atom. The number of imidazole rings is 1. The molecule has 1 rings (SSSR count). The van der Waals surface area contributed by atoms with Crippen LogP contribution in [0.2, 0.25) is 0 Å². The van der Waals surface area contributed by atoms with Gasteiger partial charge >= 0.3 is 0 Å². The smallest absolute Gasteiger partial charge is 0.256 e. The predicted octanol–water partition coefficient (Wildman–Crippen LogP) is 1.99. The van der Waals surface area contributed by atoms with E-state index in [1.54, 1.807) is 0 Å². The van der Waals surface area contributed by atoms with E-state index in [0.717, 1.165) is 6.42 Å². The van der Waals surface area contributed by atoms with Gasteiger partial charge in [0.15, 0.2) is 0 Å². The minimum Gasteiger partial charge on any atom is -0.382 e. The van der Waals surface area contributed by atoms with Crippen molar-refractivity contribution in [2.75, 3.05) is 25.1 Å². The van der Waals surface area contributed by atoms with Crippen LogP contribution in [0.15, 0.2) is 12.4 Å². The Kier molecular flexibility index (Phi) is 5.77. The first-order chi connectivity index (χ1) is 7.74. The quantitative estimate of drug-likeness (QED) is 0.698. The van der Waals surface area contributed by atoms with E-state index in [0.29, 0.717) is 25.7 Å². The highest BCUT2D eigenvalue weighted by Crippen LogP contribution is 2.07. The number of aromatic nitrogens is 2. The highest BCUT2D eigenvalue weighted by Gasteiger charge is 2.07. The highest BCUT2D eigenvalue weighted by molar-refractivity contribution is 5.25. The van der Waals surface area contributed by atoms with Gasteiger partial charge in [0.2, 0.25) is 5.95 Å². The number of hydrogen-bond acceptors (Lipinski definition) is 3. The molecule has 92 valence electrons. The van der Waals surface area contributed by atoms with Gasteiger partial charge in [-0.2, -0.15) is 0 Å². The first kappa shape index (κ1) is 12.9. The summed E-state index contributed by atoms with van der Waals surface area (Å²) in [6.07, 6.45) is 1.51. The monoisotopic (exact) mass is 233 g/mol. The van der Waals surface area contributed by atoms with Crippen LogP contribution in [0, 0.1) is 0 Å². The second-order valence-electron chi connectivity index (χ2n) is 3.27. The Morgan fingerprint density at radius 1 is 1.56 bits per heavy atom. The molecule has 0 fully saturated rings. The number of hydrogen-bond donors (Lipinski definition) is 1. The molecule has 0 saturated heterocycles. The van der Waals surface area contributed by atoms with Crippen molar-refractivity contribution >= 4 is 5.95 Å². The van der Waals surface area contributed by atoms with Gasteiger partial charge in [-0.3, -0.25) is 0 Å². The molecule has 0 bridgehead atoms. The molecule has 0 aromatic carbocycles. The van der Waals surface area contributed by atoms with Crippen LogP contribution in [-0.4, -0.2) is 35.7 Å². The molecule has 0 saturated carbocycles. The van der Waals surface area contributed by atoms with Crippen LogP contribution in [-0.2, 0) is 11.3 Å². The maximum absolute atomic E-state index is 12.2. The number of ether oxygens (including phenoxy) is 1. The van der Waals surface area contributed by atoms with Crippen LogP contribution in [0.3, 0.4) is 0 Å². The number of rotatable bonds is 8. The third-order valence-electron chi connectivity index (χ3n) is 2.00. The van der Waals surface area contributed by atoms with E-state index in [1.165, 1.54) is 17.0 Å². The highest BCUT2D eigenvalue weighted by atomic mass is 19.3. The molecule has 6 heteroatoms. The summed E-state index contributed by atoms with van der Waals surface area (Å²) in [5.41, 5.74) is 0. The van der Waals surface area contributed by atoms with Gasteiger partial charge in [0.25, 0.3) is 6.43 Å². The Balaban J connectivity index is 2.27. The maximum Gasteiger partial charge on any atom is 0.256 e. The first-order valence-corrected chi connectivity index (χ1v) is 5.35. The van der Waals surface area contributed by atoms with Crippen LogP contribution < -0.4 is 5.32 Å². The molecule has 0 aliphatic carbocycles. The normalized spacial score (nSPS) is 11.0. The van der Waals surface area contributed by atoms with E-state index in [1.807, 2.05) is 6.92 Å². The molecular weight excluding hydrogens is 216 g/mol. The number of anilines is 1. The SMILES string of the molecule is CCOCCCNc1nccn1CC(F)F. The van der Waals surface area contributed by atoms with Crippen molar-refractivity contribution in [2.24, 2.45) is 0 Å². The minimum atomic E-state index is -2.36. The number of alkyl halides is 2. The van der Waals surface area contributed by atoms with E-state index < -0.39 is 6.43 Å². The largest absolute Gasteiger partial charge is 0.382 e. The van der Waals surface area contributed by atoms with Gasteiger partial charge in [0, 0.05) is 32.2 Å². The molecule has 1 heterocycles. The lowest BCUT2D eigenvalue weighted by Crippen LogP contribution is -2.13. The van der Waals surface area contributed by atoms with Crippen molar-refractivity contribution in [1.29, 1.82) is 0 Å². The summed E-state index contributed by atoms with van der Waals surface area (Å²) in [5.74, 6) is 0.483. The second-order valence-corrected chi connectivity index (χ2v) is 3.27. The standard InChI is InChI=1S/C10H17F2N3O/c1-2-16-7-3-4-13-10-14-5-6-15(10)8-9(11)12/h5-6,9H,2-4,7-8H2,1H3,(H,13,14). The Hall–Kier alpha value is -1.17. The fourth-order valence-electron chi connectivity index (χ4n) is 1.29. The lowest BCUT2D eigenvalue weighted by Gasteiger charge is -2.09. The molecule has 0 aliphatic heterocycles. The number of halogens is 2. The third-order valence-corrected chi connectivity index (χ3v) is 2.00. The number of nitrogens with one attached hydrogen (secondary N) is 1. The van der Waals surface area contributed by atoms with E-state index in [-0.39, 0.29) is 6.54 Å². The predicted molar refractivity (Wildman–Crippen MR) is 57.8 cm³/mol. The minimum absolute atomic E-state index is 0.326. The molecule has 0 atom stereocenters. The topological polar surface area (TPSA) is 39.1 Å². The van der Waals surface area contributed by atoms with Gasteiger partial charge in [-0.15, -0.1) is 0 Å². The first-order valence-electron chi connectivity index (χ1n) is 5.35. The molecule has 0 spiro atoms. The van der Waals surface area contributed by atoms with Gasteiger partial charge in [-0.05, 0) is 13.3 Å². The Morgan fingerprint density at radius 3 is 3.06 bits per heavy atom. The summed E-state index contributed by atoms with van der Waals surface area (Å²) < 4.78 is 30.9. The molecule has 16 heavy (non-hydrogen) atoms. The Bertz CT molecular complexity index is 291. The van der Waals surface area contributed by atoms with Crippen LogP contribution in [0.4, 0.5) is 14.7 Å². The van der Waals surface area contributed by atoms with E-state index in [9.17, 15) is 8.78 Å². The van der Waals surface area contributed by atoms with Gasteiger partial charge in [0.1, 0.15) is 0 Å². The van der Waals surface area contributed by atoms with Crippen LogP contribution in [0.25, 0.3) is 0 Å². The van der Waals surface area contributed by atoms with Crippen molar-refractivity contribution in [3.63, 3.8) is 0 Å². The molecule has 4 nitrogen and oxygen atoms in total. The van der Waals surface area contributed by atoms with Gasteiger partial charge < -0.3 is 14.6 Å². The van der Waals surface area contributed by atoms with Crippen molar-refractivity contribution in [1.82, 2.24) is 9.55 Å². The summed E-state index contributed by atoms with van der Waals surface area (Å²) in [6, 6.07) is 0. The molecule has 0 aliphatic rings. The van der Waals surface area contributed by atoms with Crippen LogP contribution in [0.1, 0.15) is 13.3 Å². The molecule has 0 unspecified atom stereocenters. The molecule has 1 N–H and O–H groups in total. The Labute approximate surface area is 93.6 Å². The summed E-state index contributed by atoms with van der Waals surface area (Å²) in [7, 11) is 0. The summed E-state index contributed by atoms with van der Waals surface area (Å²) in [4.78, 5) is 3.96. The van der Waals surface area contributed by atoms with Gasteiger partial charge in [-0.1, -0.05) is 0 Å². The lowest BCUT2D eigenvalue weighted by atomic mass is 10.4. The molecule has 0 radical (unpaired) electrons. The zero-order chi connectivity index (χ0) is 11.8. The summed E-state index contributed by atoms with van der Waals surface area (Å²) >= 11 is 0. The van der Waals surface area contributed by atoms with E-state index >= 15 is 0 Å². The summed E-state index contributed by atoms with van der Waals surface area (Å²) in [5, 5.41) is 3.00. The van der Waals surface area contributed by atoms with Gasteiger partial charge in [-0.25, -0.2) is 13.8 Å². The zero-order valence-corrected chi connectivity index (χ0v) is 9.33. The zero-order valence-electron chi connectivity index (χ0n) is 9.33. The fourth-order valence-corrected chi connectivity index (χ4v) is 1.29. The van der Waals surface area contributed by atoms with Crippen molar-refractivity contribution in [3.05, 3.63) is 12.4 Å². The van der Waals surface area contributed by atoms with Gasteiger partial charge in [0.05, 0.1) is 6.54 Å². The van der Waals surface area contributed by atoms with Crippen molar-refractivity contribution in [3.8, 4) is 0 Å². The van der Waals surface area contributed by atoms with Crippen LogP contribution in [0.5, 0.6) is 0 Å². The van der Waals surface area contributed by atoms with Crippen LogP contribution >= 0.6 is 0 Å². The maximum atomic E-state index is 12.2. The summed E-state index contributed by atoms with van der Waals surface area (Å²) in [6.45, 7) is 3.63. The fraction of sp³-hybridized carbons (Fsp3) is 0.700. The number of nitrogens with zero attached hydrogens (tertiary/aromatic N) is 2. The van der Waals surface area contributed by atoms with Crippen molar-refractivity contribution in [2.45, 2.75) is 26.3 Å². The second kappa shape index (κ2) is 7.16. The molecule has 1 aromatic rings. The third kappa shape index (κ3) is 4.57. The molecule has 1 aromatic heterocycles. The molecular formula is C10H17F2N3O. The average Bonchev–Trinajstić information content (AvgIpc) is 2.64.